The number of rotatable bonds is 5. The molecule has 1 atom stereocenters. The van der Waals surface area contributed by atoms with Crippen LogP contribution in [0.5, 0.6) is 0 Å². The van der Waals surface area contributed by atoms with Crippen molar-refractivity contribution in [3.8, 4) is 0 Å². The largest absolute Gasteiger partial charge is 0.363 e. The van der Waals surface area contributed by atoms with Crippen LogP contribution in [0.15, 0.2) is 18.2 Å². The van der Waals surface area contributed by atoms with E-state index >= 15 is 0 Å². The Morgan fingerprint density at radius 3 is 2.90 bits per heavy atom. The Kier molecular flexibility index (Phi) is 5.84. The molecule has 0 fully saturated rings. The predicted octanol–water partition coefficient (Wildman–Crippen LogP) is 3.54. The normalized spacial score (nSPS) is 17.4. The van der Waals surface area contributed by atoms with Crippen LogP contribution >= 0.6 is 12.2 Å². The Hall–Kier alpha value is -1.09. The predicted molar refractivity (Wildman–Crippen MR) is 90.4 cm³/mol. The molecule has 0 saturated heterocycles. The van der Waals surface area contributed by atoms with Crippen molar-refractivity contribution in [1.82, 2.24) is 10.6 Å². The topological polar surface area (TPSA) is 24.1 Å². The summed E-state index contributed by atoms with van der Waals surface area (Å²) in [4.78, 5) is 0. The molecule has 110 valence electrons. The Morgan fingerprint density at radius 2 is 2.15 bits per heavy atom. The van der Waals surface area contributed by atoms with Crippen molar-refractivity contribution < 1.29 is 0 Å². The zero-order valence-electron chi connectivity index (χ0n) is 12.7. The van der Waals surface area contributed by atoms with Gasteiger partial charge in [0.05, 0.1) is 0 Å². The Morgan fingerprint density at radius 1 is 1.30 bits per heavy atom. The summed E-state index contributed by atoms with van der Waals surface area (Å²) in [5.74, 6) is 0.696. The highest BCUT2D eigenvalue weighted by atomic mass is 32.1. The second kappa shape index (κ2) is 7.63. The van der Waals surface area contributed by atoms with E-state index in [2.05, 4.69) is 42.7 Å². The third kappa shape index (κ3) is 3.95. The van der Waals surface area contributed by atoms with Gasteiger partial charge >= 0.3 is 0 Å². The Bertz CT molecular complexity index is 456. The first-order valence-corrected chi connectivity index (χ1v) is 8.28. The smallest absolute Gasteiger partial charge is 0.166 e. The third-order valence-corrected chi connectivity index (χ3v) is 4.46. The zero-order chi connectivity index (χ0) is 14.4. The molecule has 1 aromatic rings. The van der Waals surface area contributed by atoms with Gasteiger partial charge in [-0.1, -0.05) is 25.1 Å². The van der Waals surface area contributed by atoms with E-state index in [1.807, 2.05) is 0 Å². The van der Waals surface area contributed by atoms with Crippen LogP contribution < -0.4 is 10.6 Å². The van der Waals surface area contributed by atoms with Gasteiger partial charge in [0.25, 0.3) is 0 Å². The van der Waals surface area contributed by atoms with Crippen molar-refractivity contribution in [2.24, 2.45) is 0 Å². The first-order chi connectivity index (χ1) is 9.74. The van der Waals surface area contributed by atoms with E-state index in [-0.39, 0.29) is 0 Å². The third-order valence-electron chi connectivity index (χ3n) is 4.17. The molecule has 1 aromatic carbocycles. The SMILES string of the molecule is CCNC(=S)NCC[C@H]1CCCc2ccc(CC)cc21. The lowest BCUT2D eigenvalue weighted by Crippen LogP contribution is -2.36. The second-order valence-electron chi connectivity index (χ2n) is 5.55. The van der Waals surface area contributed by atoms with Crippen molar-refractivity contribution in [1.29, 1.82) is 0 Å². The van der Waals surface area contributed by atoms with Crippen molar-refractivity contribution in [2.75, 3.05) is 13.1 Å². The van der Waals surface area contributed by atoms with Gasteiger partial charge in [0, 0.05) is 13.1 Å². The van der Waals surface area contributed by atoms with Gasteiger partial charge in [-0.05, 0) is 73.9 Å². The van der Waals surface area contributed by atoms with Gasteiger partial charge in [0.15, 0.2) is 5.11 Å². The lowest BCUT2D eigenvalue weighted by Gasteiger charge is -2.26. The molecule has 0 bridgehead atoms. The van der Waals surface area contributed by atoms with Crippen molar-refractivity contribution in [2.45, 2.75) is 51.9 Å². The maximum absolute atomic E-state index is 5.22. The summed E-state index contributed by atoms with van der Waals surface area (Å²) in [6.45, 7) is 6.15. The van der Waals surface area contributed by atoms with Crippen molar-refractivity contribution in [3.63, 3.8) is 0 Å². The molecule has 0 unspecified atom stereocenters. The Labute approximate surface area is 128 Å². The van der Waals surface area contributed by atoms with E-state index in [0.717, 1.165) is 24.6 Å². The molecule has 0 spiro atoms. The molecule has 2 rings (SSSR count). The molecule has 20 heavy (non-hydrogen) atoms. The summed E-state index contributed by atoms with van der Waals surface area (Å²) in [5.41, 5.74) is 4.62. The van der Waals surface area contributed by atoms with E-state index in [0.29, 0.717) is 5.92 Å². The number of hydrogen-bond acceptors (Lipinski definition) is 1. The average Bonchev–Trinajstić information content (AvgIpc) is 2.47. The van der Waals surface area contributed by atoms with Crippen LogP contribution in [-0.2, 0) is 12.8 Å². The number of aryl methyl sites for hydroxylation is 2. The quantitative estimate of drug-likeness (QED) is 0.811. The molecule has 2 nitrogen and oxygen atoms in total. The van der Waals surface area contributed by atoms with Crippen LogP contribution in [0.1, 0.15) is 55.7 Å². The molecule has 2 N–H and O–H groups in total. The number of nitrogens with one attached hydrogen (secondary N) is 2. The fourth-order valence-electron chi connectivity index (χ4n) is 3.05. The molecule has 0 aliphatic heterocycles. The molecular formula is C17H26N2S. The fraction of sp³-hybridized carbons (Fsp3) is 0.588. The van der Waals surface area contributed by atoms with Gasteiger partial charge < -0.3 is 10.6 Å². The average molecular weight is 290 g/mol. The minimum atomic E-state index is 0.696. The summed E-state index contributed by atoms with van der Waals surface area (Å²) >= 11 is 5.22. The fourth-order valence-corrected chi connectivity index (χ4v) is 3.30. The standard InChI is InChI=1S/C17H26N2S/c1-3-13-8-9-14-6-5-7-15(16(14)12-13)10-11-19-17(20)18-4-2/h8-9,12,15H,3-7,10-11H2,1-2H3,(H2,18,19,20)/t15-/m1/s1. The number of hydrogen-bond donors (Lipinski definition) is 2. The molecule has 0 heterocycles. The van der Waals surface area contributed by atoms with E-state index in [1.54, 1.807) is 11.1 Å². The molecule has 0 amide bonds. The molecule has 1 aliphatic carbocycles. The monoisotopic (exact) mass is 290 g/mol. The summed E-state index contributed by atoms with van der Waals surface area (Å²) in [7, 11) is 0. The molecule has 0 aromatic heterocycles. The maximum atomic E-state index is 5.22. The van der Waals surface area contributed by atoms with Gasteiger partial charge in [0.1, 0.15) is 0 Å². The van der Waals surface area contributed by atoms with Crippen LogP contribution in [0.4, 0.5) is 0 Å². The van der Waals surface area contributed by atoms with Gasteiger partial charge in [-0.3, -0.25) is 0 Å². The minimum Gasteiger partial charge on any atom is -0.363 e. The van der Waals surface area contributed by atoms with Gasteiger partial charge in [-0.2, -0.15) is 0 Å². The lowest BCUT2D eigenvalue weighted by molar-refractivity contribution is 0.516. The first-order valence-electron chi connectivity index (χ1n) is 7.88. The van der Waals surface area contributed by atoms with Crippen LogP contribution in [0, 0.1) is 0 Å². The molecule has 0 radical (unpaired) electrons. The highest BCUT2D eigenvalue weighted by molar-refractivity contribution is 7.80. The van der Waals surface area contributed by atoms with E-state index in [1.165, 1.54) is 31.2 Å². The summed E-state index contributed by atoms with van der Waals surface area (Å²) in [5, 5.41) is 7.23. The highest BCUT2D eigenvalue weighted by Crippen LogP contribution is 2.34. The van der Waals surface area contributed by atoms with Crippen LogP contribution in [0.2, 0.25) is 0 Å². The Balaban J connectivity index is 1.95. The number of thiocarbonyl (C=S) groups is 1. The van der Waals surface area contributed by atoms with Gasteiger partial charge in [-0.15, -0.1) is 0 Å². The summed E-state index contributed by atoms with van der Waals surface area (Å²) in [6, 6.07) is 7.07. The highest BCUT2D eigenvalue weighted by Gasteiger charge is 2.20. The van der Waals surface area contributed by atoms with Crippen LogP contribution in [0.25, 0.3) is 0 Å². The number of benzene rings is 1. The lowest BCUT2D eigenvalue weighted by atomic mass is 9.80. The summed E-state index contributed by atoms with van der Waals surface area (Å²) < 4.78 is 0. The first kappa shape index (κ1) is 15.3. The van der Waals surface area contributed by atoms with Crippen molar-refractivity contribution >= 4 is 17.3 Å². The molecule has 0 saturated carbocycles. The molecular weight excluding hydrogens is 264 g/mol. The van der Waals surface area contributed by atoms with Gasteiger partial charge in [-0.25, -0.2) is 0 Å². The van der Waals surface area contributed by atoms with E-state index in [4.69, 9.17) is 12.2 Å². The van der Waals surface area contributed by atoms with Crippen LogP contribution in [0.3, 0.4) is 0 Å². The molecule has 3 heteroatoms. The van der Waals surface area contributed by atoms with Gasteiger partial charge in [0.2, 0.25) is 0 Å². The zero-order valence-corrected chi connectivity index (χ0v) is 13.5. The molecule has 1 aliphatic rings. The minimum absolute atomic E-state index is 0.696. The van der Waals surface area contributed by atoms with E-state index in [9.17, 15) is 0 Å². The maximum Gasteiger partial charge on any atom is 0.166 e. The van der Waals surface area contributed by atoms with Crippen molar-refractivity contribution in [3.05, 3.63) is 34.9 Å². The van der Waals surface area contributed by atoms with Crippen LogP contribution in [-0.4, -0.2) is 18.2 Å². The number of fused-ring (bicyclic) bond motifs is 1. The summed E-state index contributed by atoms with van der Waals surface area (Å²) in [6.07, 6.45) is 6.18. The van der Waals surface area contributed by atoms with E-state index < -0.39 is 0 Å². The second-order valence-corrected chi connectivity index (χ2v) is 5.96.